The number of nitrogens with zero attached hydrogens (tertiary/aromatic N) is 5. The van der Waals surface area contributed by atoms with Crippen LogP contribution in [0.3, 0.4) is 0 Å². The zero-order chi connectivity index (χ0) is 59.4. The number of benzene rings is 2. The van der Waals surface area contributed by atoms with E-state index in [0.717, 1.165) is 10.5 Å². The number of carbonyl (C=O) groups excluding carboxylic acids is 9. The number of cyclic esters (lactones) is 1. The number of ether oxygens (including phenoxy) is 1. The Bertz CT molecular complexity index is 2430. The first-order valence-electron chi connectivity index (χ1n) is 28.3. The molecular formula is C60H92N8O11. The molecule has 0 bridgehead atoms. The smallest absolute Gasteiger partial charge is 0.332 e. The molecule has 19 heteroatoms. The highest BCUT2D eigenvalue weighted by atomic mass is 16.6. The SMILES string of the molecule is CC[C@@H](C)[C@@H]1NC(=O)[C@H](C(C)C)N(C)C(=O)[C@H]([C@H](C)CC)NC(=O)[C@@H]2CCCN2C(=O)[C@H](Cc2ccccc2)N(C)C(=O)[C@H](Cc2ccccc2)NC(=O)[C@H](C(C)C)N(C)C(=O)[C@@H]([C@H](C)CC)OC(=O)C(C(C)(C)O)N(C)C1=O. The zero-order valence-electron chi connectivity index (χ0n) is 49.8. The molecule has 0 radical (unpaired) electrons. The number of likely N-dealkylation sites (N-methyl/N-ethyl adjacent to an activating group) is 4. The first kappa shape index (κ1) is 65.2. The predicted octanol–water partition coefficient (Wildman–Crippen LogP) is 4.37. The van der Waals surface area contributed by atoms with Crippen LogP contribution in [0.4, 0.5) is 0 Å². The third kappa shape index (κ3) is 15.9. The second kappa shape index (κ2) is 28.7. The van der Waals surface area contributed by atoms with Crippen LogP contribution < -0.4 is 16.0 Å². The summed E-state index contributed by atoms with van der Waals surface area (Å²) in [5.74, 6) is -9.01. The average Bonchev–Trinajstić information content (AvgIpc) is 3.95. The van der Waals surface area contributed by atoms with Crippen LogP contribution in [0.2, 0.25) is 0 Å². The van der Waals surface area contributed by atoms with E-state index in [1.54, 1.807) is 79.7 Å². The minimum atomic E-state index is -1.97. The number of nitrogens with one attached hydrogen (secondary N) is 3. The molecule has 79 heavy (non-hydrogen) atoms. The van der Waals surface area contributed by atoms with Crippen molar-refractivity contribution in [2.24, 2.45) is 29.6 Å². The van der Waals surface area contributed by atoms with Gasteiger partial charge in [0, 0.05) is 53.5 Å². The van der Waals surface area contributed by atoms with Gasteiger partial charge in [0.1, 0.15) is 42.3 Å². The molecular weight excluding hydrogens is 1010 g/mol. The summed E-state index contributed by atoms with van der Waals surface area (Å²) in [6, 6.07) is 8.09. The largest absolute Gasteiger partial charge is 0.450 e. The molecule has 19 nitrogen and oxygen atoms in total. The monoisotopic (exact) mass is 1100 g/mol. The number of carbonyl (C=O) groups is 9. The van der Waals surface area contributed by atoms with Gasteiger partial charge in [-0.2, -0.15) is 0 Å². The van der Waals surface area contributed by atoms with Gasteiger partial charge in [-0.3, -0.25) is 38.4 Å². The molecule has 2 heterocycles. The summed E-state index contributed by atoms with van der Waals surface area (Å²) < 4.78 is 6.10. The highest BCUT2D eigenvalue weighted by Crippen LogP contribution is 2.27. The Morgan fingerprint density at radius 3 is 1.47 bits per heavy atom. The van der Waals surface area contributed by atoms with Gasteiger partial charge in [-0.25, -0.2) is 4.79 Å². The molecule has 0 aliphatic carbocycles. The fraction of sp³-hybridized carbons (Fsp3) is 0.650. The van der Waals surface area contributed by atoms with E-state index in [-0.39, 0.29) is 25.8 Å². The Kier molecular flexibility index (Phi) is 23.6. The molecule has 12 atom stereocenters. The lowest BCUT2D eigenvalue weighted by atomic mass is 9.92. The Labute approximate surface area is 469 Å². The Morgan fingerprint density at radius 1 is 0.557 bits per heavy atom. The average molecular weight is 1100 g/mol. The van der Waals surface area contributed by atoms with Gasteiger partial charge < -0.3 is 50.3 Å². The van der Waals surface area contributed by atoms with Crippen LogP contribution in [0.25, 0.3) is 0 Å². The van der Waals surface area contributed by atoms with E-state index < -0.39 is 143 Å². The van der Waals surface area contributed by atoms with Gasteiger partial charge in [-0.05, 0) is 67.9 Å². The molecule has 8 amide bonds. The Hall–Kier alpha value is -6.37. The van der Waals surface area contributed by atoms with Crippen molar-refractivity contribution in [3.05, 3.63) is 71.8 Å². The van der Waals surface area contributed by atoms with Gasteiger partial charge in [-0.15, -0.1) is 0 Å². The molecule has 2 aromatic rings. The van der Waals surface area contributed by atoms with E-state index in [1.807, 2.05) is 50.2 Å². The summed E-state index contributed by atoms with van der Waals surface area (Å²) >= 11 is 0. The predicted molar refractivity (Wildman–Crippen MR) is 301 cm³/mol. The van der Waals surface area contributed by atoms with E-state index in [4.69, 9.17) is 4.74 Å². The maximum absolute atomic E-state index is 15.3. The maximum Gasteiger partial charge on any atom is 0.332 e. The third-order valence-electron chi connectivity index (χ3n) is 16.3. The Balaban J connectivity index is 1.98. The lowest BCUT2D eigenvalue weighted by Gasteiger charge is -2.40. The molecule has 0 spiro atoms. The van der Waals surface area contributed by atoms with Crippen molar-refractivity contribution in [2.45, 2.75) is 188 Å². The number of hydrogen-bond donors (Lipinski definition) is 4. The van der Waals surface area contributed by atoms with Crippen molar-refractivity contribution >= 4 is 53.2 Å². The van der Waals surface area contributed by atoms with E-state index in [0.29, 0.717) is 31.2 Å². The van der Waals surface area contributed by atoms with Gasteiger partial charge in [0.25, 0.3) is 5.91 Å². The first-order chi connectivity index (χ1) is 37.0. The quantitative estimate of drug-likeness (QED) is 0.206. The van der Waals surface area contributed by atoms with Gasteiger partial charge in [-0.1, -0.05) is 143 Å². The van der Waals surface area contributed by atoms with E-state index >= 15 is 9.59 Å². The molecule has 2 aliphatic heterocycles. The minimum absolute atomic E-state index is 0.00689. The van der Waals surface area contributed by atoms with Crippen molar-refractivity contribution in [1.29, 1.82) is 0 Å². The van der Waals surface area contributed by atoms with E-state index in [1.165, 1.54) is 61.6 Å². The van der Waals surface area contributed by atoms with Crippen LogP contribution in [-0.2, 0) is 60.7 Å². The van der Waals surface area contributed by atoms with E-state index in [2.05, 4.69) is 16.0 Å². The summed E-state index contributed by atoms with van der Waals surface area (Å²) in [4.78, 5) is 141. The van der Waals surface area contributed by atoms with Crippen LogP contribution in [-0.4, -0.2) is 178 Å². The molecule has 2 fully saturated rings. The molecule has 438 valence electrons. The summed E-state index contributed by atoms with van der Waals surface area (Å²) in [5.41, 5.74) is -0.554. The molecule has 0 aromatic heterocycles. The number of esters is 1. The molecule has 1 unspecified atom stereocenters. The minimum Gasteiger partial charge on any atom is -0.450 e. The van der Waals surface area contributed by atoms with Crippen molar-refractivity contribution in [1.82, 2.24) is 40.4 Å². The fourth-order valence-corrected chi connectivity index (χ4v) is 10.9. The van der Waals surface area contributed by atoms with Gasteiger partial charge in [0.05, 0.1) is 5.60 Å². The third-order valence-corrected chi connectivity index (χ3v) is 16.3. The number of fused-ring (bicyclic) bond motifs is 1. The lowest BCUT2D eigenvalue weighted by molar-refractivity contribution is -0.177. The topological polar surface area (TPSA) is 235 Å². The molecule has 2 aliphatic rings. The van der Waals surface area contributed by atoms with Crippen molar-refractivity contribution < 1.29 is 53.0 Å². The summed E-state index contributed by atoms with van der Waals surface area (Å²) in [6.45, 7) is 20.5. The number of amides is 8. The highest BCUT2D eigenvalue weighted by Gasteiger charge is 2.48. The van der Waals surface area contributed by atoms with Crippen molar-refractivity contribution in [3.8, 4) is 0 Å². The normalized spacial score (nSPS) is 26.8. The van der Waals surface area contributed by atoms with Crippen LogP contribution in [0.5, 0.6) is 0 Å². The molecule has 2 saturated heterocycles. The summed E-state index contributed by atoms with van der Waals surface area (Å²) in [5, 5.41) is 20.5. The number of rotatable bonds is 13. The van der Waals surface area contributed by atoms with Crippen LogP contribution >= 0.6 is 0 Å². The fourth-order valence-electron chi connectivity index (χ4n) is 10.9. The van der Waals surface area contributed by atoms with Gasteiger partial charge in [0.15, 0.2) is 12.1 Å². The summed E-state index contributed by atoms with van der Waals surface area (Å²) in [7, 11) is 5.67. The number of hydrogen-bond acceptors (Lipinski definition) is 11. The first-order valence-corrected chi connectivity index (χ1v) is 28.3. The van der Waals surface area contributed by atoms with Crippen LogP contribution in [0.15, 0.2) is 60.7 Å². The maximum atomic E-state index is 15.3. The van der Waals surface area contributed by atoms with Gasteiger partial charge >= 0.3 is 5.97 Å². The Morgan fingerprint density at radius 2 is 1.00 bits per heavy atom. The highest BCUT2D eigenvalue weighted by molar-refractivity contribution is 5.99. The summed E-state index contributed by atoms with van der Waals surface area (Å²) in [6.07, 6.45) is 0.398. The lowest BCUT2D eigenvalue weighted by Crippen LogP contribution is -2.63. The zero-order valence-corrected chi connectivity index (χ0v) is 49.8. The second-order valence-electron chi connectivity index (χ2n) is 23.4. The van der Waals surface area contributed by atoms with Crippen molar-refractivity contribution in [2.75, 3.05) is 34.7 Å². The van der Waals surface area contributed by atoms with Crippen LogP contribution in [0.1, 0.15) is 126 Å². The molecule has 4 N–H and O–H groups in total. The van der Waals surface area contributed by atoms with E-state index in [9.17, 15) is 38.7 Å². The second-order valence-corrected chi connectivity index (χ2v) is 23.4. The number of aliphatic hydroxyl groups is 1. The molecule has 4 rings (SSSR count). The van der Waals surface area contributed by atoms with Gasteiger partial charge in [0.2, 0.25) is 41.4 Å². The molecule has 0 saturated carbocycles. The van der Waals surface area contributed by atoms with Crippen LogP contribution in [0, 0.1) is 29.6 Å². The van der Waals surface area contributed by atoms with Crippen molar-refractivity contribution in [3.63, 3.8) is 0 Å². The molecule has 2 aromatic carbocycles. The standard InChI is InChI=1S/C60H92N8O11/c1-17-37(8)45-56(74)65(14)48(36(6)7)53(71)63-46(38(9)18-2)57(75)67(16)50(60(11,12)78)59(77)79-49(39(10)19-3)58(76)66(15)47(35(4)5)52(70)61-42(33-40-27-22-20-23-28-40)54(72)64(13)44(34-41-29-24-21-25-30-41)55(73)68-32-26-31-43(68)51(69)62-45/h20-25,27-30,35-39,42-50,78H,17-19,26,31-34H2,1-16H3,(H,61,70)(H,62,69)(H,63,71)/t37-,38-,39-,42+,43+,44+,45+,46+,47+,48+,49-,50?/m1/s1.